The zero-order valence-corrected chi connectivity index (χ0v) is 29.6. The molecular weight excluding hydrogens is 546 g/mol. The van der Waals surface area contributed by atoms with Gasteiger partial charge in [-0.3, -0.25) is 9.79 Å². The number of nitrogens with one attached hydrogen (secondary N) is 1. The molecule has 250 valence electrons. The number of hydrogen-bond acceptors (Lipinski definition) is 4. The van der Waals surface area contributed by atoms with Crippen molar-refractivity contribution in [3.05, 3.63) is 34.4 Å². The topological polar surface area (TPSA) is 76.3 Å². The minimum atomic E-state index is -0.118. The molecule has 7 nitrogen and oxygen atoms in total. The lowest BCUT2D eigenvalue weighted by Gasteiger charge is -2.32. The van der Waals surface area contributed by atoms with Crippen LogP contribution in [0, 0.1) is 13.8 Å². The van der Waals surface area contributed by atoms with Gasteiger partial charge in [-0.15, -0.1) is 0 Å². The third kappa shape index (κ3) is 13.6. The fourth-order valence-electron chi connectivity index (χ4n) is 5.86. The zero-order valence-electron chi connectivity index (χ0n) is 29.6. The van der Waals surface area contributed by atoms with Crippen LogP contribution in [0.15, 0.2) is 17.1 Å². The molecule has 0 atom stereocenters. The first-order valence-electron chi connectivity index (χ1n) is 17.6. The van der Waals surface area contributed by atoms with Crippen molar-refractivity contribution in [2.75, 3.05) is 40.3 Å². The van der Waals surface area contributed by atoms with Gasteiger partial charge in [-0.05, 0) is 57.4 Å². The van der Waals surface area contributed by atoms with E-state index in [9.17, 15) is 4.79 Å². The van der Waals surface area contributed by atoms with E-state index in [-0.39, 0.29) is 5.91 Å². The van der Waals surface area contributed by atoms with Crippen LogP contribution in [0.5, 0.6) is 0 Å². The number of rotatable bonds is 22. The SMILES string of the molecule is C=O.CCCCCCCCCCCCCCCCn1c(=NC)c(C(=O)NCCC[N+](C)(CC)CC)nc2cc(C)c(C)cc21. The Balaban J connectivity index is 0.00000474. The average molecular weight is 613 g/mol. The van der Waals surface area contributed by atoms with E-state index in [1.165, 1.54) is 94.6 Å². The van der Waals surface area contributed by atoms with Gasteiger partial charge in [-0.1, -0.05) is 90.4 Å². The minimum Gasteiger partial charge on any atom is -0.350 e. The molecular formula is C37H66N5O2+. The summed E-state index contributed by atoms with van der Waals surface area (Å²) in [6, 6.07) is 4.33. The number of quaternary nitrogens is 1. The predicted octanol–water partition coefficient (Wildman–Crippen LogP) is 8.09. The van der Waals surface area contributed by atoms with Gasteiger partial charge >= 0.3 is 0 Å². The minimum absolute atomic E-state index is 0.118. The summed E-state index contributed by atoms with van der Waals surface area (Å²) >= 11 is 0. The first kappa shape index (κ1) is 39.5. The molecule has 2 rings (SSSR count). The van der Waals surface area contributed by atoms with Crippen molar-refractivity contribution in [2.24, 2.45) is 4.99 Å². The Hall–Kier alpha value is -2.54. The third-order valence-electron chi connectivity index (χ3n) is 9.43. The van der Waals surface area contributed by atoms with Crippen LogP contribution in [0.1, 0.15) is 139 Å². The summed E-state index contributed by atoms with van der Waals surface area (Å²) in [5.74, 6) is -0.118. The Morgan fingerprint density at radius 1 is 0.818 bits per heavy atom. The van der Waals surface area contributed by atoms with Crippen LogP contribution in [0.3, 0.4) is 0 Å². The highest BCUT2D eigenvalue weighted by molar-refractivity contribution is 5.93. The number of unbranched alkanes of at least 4 members (excludes halogenated alkanes) is 13. The highest BCUT2D eigenvalue weighted by Gasteiger charge is 2.18. The summed E-state index contributed by atoms with van der Waals surface area (Å²) in [5.41, 5.74) is 5.53. The number of carbonyl (C=O) groups excluding carboxylic acids is 2. The number of fused-ring (bicyclic) bond motifs is 1. The van der Waals surface area contributed by atoms with Crippen LogP contribution in [0.4, 0.5) is 0 Å². The Morgan fingerprint density at radius 3 is 1.82 bits per heavy atom. The lowest BCUT2D eigenvalue weighted by Crippen LogP contribution is -2.45. The van der Waals surface area contributed by atoms with Crippen molar-refractivity contribution in [3.8, 4) is 0 Å². The van der Waals surface area contributed by atoms with Crippen molar-refractivity contribution >= 4 is 23.7 Å². The number of benzene rings is 1. The summed E-state index contributed by atoms with van der Waals surface area (Å²) in [4.78, 5) is 30.8. The monoisotopic (exact) mass is 613 g/mol. The summed E-state index contributed by atoms with van der Waals surface area (Å²) < 4.78 is 3.27. The first-order valence-corrected chi connectivity index (χ1v) is 17.6. The number of aryl methyl sites for hydroxylation is 3. The number of hydrogen-bond donors (Lipinski definition) is 1. The molecule has 0 aliphatic heterocycles. The van der Waals surface area contributed by atoms with Gasteiger partial charge in [0.25, 0.3) is 5.91 Å². The summed E-state index contributed by atoms with van der Waals surface area (Å²) in [6.07, 6.45) is 19.8. The van der Waals surface area contributed by atoms with Crippen LogP contribution in [-0.2, 0) is 11.3 Å². The maximum absolute atomic E-state index is 13.4. The van der Waals surface area contributed by atoms with Crippen LogP contribution >= 0.6 is 0 Å². The van der Waals surface area contributed by atoms with Gasteiger partial charge in [0, 0.05) is 26.6 Å². The van der Waals surface area contributed by atoms with Crippen molar-refractivity contribution in [2.45, 2.75) is 137 Å². The van der Waals surface area contributed by atoms with Gasteiger partial charge < -0.3 is 19.2 Å². The standard InChI is InChI=1S/C36H63N5O.CH2O/c1-8-11-12-13-14-15-16-17-18-19-20-21-22-23-26-40-33-29-31(5)30(4)28-32(33)39-34(35(40)37-6)36(42)38-25-24-27-41(7,9-2)10-3;1-2/h28-29H,8-27H2,1-7H3;1H2/p+1. The Morgan fingerprint density at radius 2 is 1.32 bits per heavy atom. The van der Waals surface area contributed by atoms with Crippen LogP contribution in [0.2, 0.25) is 0 Å². The van der Waals surface area contributed by atoms with E-state index in [1.807, 2.05) is 6.79 Å². The highest BCUT2D eigenvalue weighted by atomic mass is 16.1. The summed E-state index contributed by atoms with van der Waals surface area (Å²) in [7, 11) is 4.07. The summed E-state index contributed by atoms with van der Waals surface area (Å²) in [6.45, 7) is 17.8. The molecule has 0 saturated carbocycles. The molecule has 1 N–H and O–H groups in total. The number of nitrogens with zero attached hydrogens (tertiary/aromatic N) is 4. The van der Waals surface area contributed by atoms with Crippen molar-refractivity contribution in [3.63, 3.8) is 0 Å². The van der Waals surface area contributed by atoms with Gasteiger partial charge in [0.1, 0.15) is 6.79 Å². The molecule has 2 aromatic rings. The van der Waals surface area contributed by atoms with E-state index in [0.717, 1.165) is 54.5 Å². The zero-order chi connectivity index (χ0) is 32.8. The van der Waals surface area contributed by atoms with Crippen LogP contribution in [0.25, 0.3) is 11.0 Å². The molecule has 0 fully saturated rings. The second kappa shape index (κ2) is 22.9. The molecule has 0 spiro atoms. The molecule has 7 heteroatoms. The van der Waals surface area contributed by atoms with E-state index < -0.39 is 0 Å². The van der Waals surface area contributed by atoms with Gasteiger partial charge in [-0.2, -0.15) is 0 Å². The fraction of sp³-hybridized carbons (Fsp3) is 0.730. The molecule has 1 aromatic carbocycles. The van der Waals surface area contributed by atoms with E-state index in [2.05, 4.69) is 68.7 Å². The largest absolute Gasteiger partial charge is 0.350 e. The quantitative estimate of drug-likeness (QED) is 0.108. The lowest BCUT2D eigenvalue weighted by molar-refractivity contribution is -0.906. The lowest BCUT2D eigenvalue weighted by atomic mass is 10.0. The first-order chi connectivity index (χ1) is 21.3. The molecule has 0 aliphatic rings. The molecule has 1 heterocycles. The van der Waals surface area contributed by atoms with E-state index in [4.69, 9.17) is 9.78 Å². The predicted molar refractivity (Wildman–Crippen MR) is 187 cm³/mol. The van der Waals surface area contributed by atoms with Crippen molar-refractivity contribution in [1.82, 2.24) is 14.9 Å². The average Bonchev–Trinajstić information content (AvgIpc) is 3.04. The van der Waals surface area contributed by atoms with Crippen molar-refractivity contribution in [1.29, 1.82) is 0 Å². The number of carbonyl (C=O) groups is 2. The molecule has 0 aliphatic carbocycles. The van der Waals surface area contributed by atoms with Crippen molar-refractivity contribution < 1.29 is 14.1 Å². The Bertz CT molecular complexity index is 1150. The second-order valence-corrected chi connectivity index (χ2v) is 12.8. The van der Waals surface area contributed by atoms with E-state index >= 15 is 0 Å². The van der Waals surface area contributed by atoms with Gasteiger partial charge in [0.15, 0.2) is 11.2 Å². The molecule has 0 unspecified atom stereocenters. The third-order valence-corrected chi connectivity index (χ3v) is 9.43. The smallest absolute Gasteiger partial charge is 0.273 e. The van der Waals surface area contributed by atoms with E-state index in [1.54, 1.807) is 7.05 Å². The number of amides is 1. The Labute approximate surface area is 269 Å². The molecule has 1 amide bonds. The molecule has 0 bridgehead atoms. The molecule has 1 aromatic heterocycles. The van der Waals surface area contributed by atoms with Gasteiger partial charge in [-0.25, -0.2) is 4.98 Å². The molecule has 0 saturated heterocycles. The van der Waals surface area contributed by atoms with Crippen LogP contribution in [-0.4, -0.2) is 67.0 Å². The maximum atomic E-state index is 13.4. The molecule has 0 radical (unpaired) electrons. The highest BCUT2D eigenvalue weighted by Crippen LogP contribution is 2.19. The van der Waals surface area contributed by atoms with Gasteiger partial charge in [0.2, 0.25) is 0 Å². The Kier molecular flexibility index (Phi) is 20.5. The fourth-order valence-corrected chi connectivity index (χ4v) is 5.86. The van der Waals surface area contributed by atoms with Gasteiger partial charge in [0.05, 0.1) is 37.7 Å². The summed E-state index contributed by atoms with van der Waals surface area (Å²) in [5, 5.41) is 3.15. The second-order valence-electron chi connectivity index (χ2n) is 12.8. The normalized spacial score (nSPS) is 11.9. The van der Waals surface area contributed by atoms with E-state index in [0.29, 0.717) is 17.7 Å². The maximum Gasteiger partial charge on any atom is 0.273 e. The van der Waals surface area contributed by atoms with Crippen LogP contribution < -0.4 is 10.8 Å². The number of aromatic nitrogens is 2. The molecule has 44 heavy (non-hydrogen) atoms.